The fourth-order valence-corrected chi connectivity index (χ4v) is 3.63. The Morgan fingerprint density at radius 1 is 1.25 bits per heavy atom. The molecule has 1 aromatic carbocycles. The van der Waals surface area contributed by atoms with Crippen LogP contribution >= 0.6 is 0 Å². The number of aliphatic hydroxyl groups excluding tert-OH is 2. The van der Waals surface area contributed by atoms with Crippen molar-refractivity contribution in [2.75, 3.05) is 59.7 Å². The van der Waals surface area contributed by atoms with E-state index in [4.69, 9.17) is 14.2 Å². The number of benzene rings is 1. The summed E-state index contributed by atoms with van der Waals surface area (Å²) in [6.45, 7) is 4.36. The third-order valence-corrected chi connectivity index (χ3v) is 5.39. The predicted octanol–water partition coefficient (Wildman–Crippen LogP) is 0.108. The summed E-state index contributed by atoms with van der Waals surface area (Å²) in [7, 11) is 1.58. The SMILES string of the molecule is COc1cc(CN2CC[C@H](CO)[C@@H](O)C2)ccc1OCC(=O)N1CCOCC1. The van der Waals surface area contributed by atoms with Gasteiger partial charge in [0.25, 0.3) is 5.91 Å². The highest BCUT2D eigenvalue weighted by molar-refractivity contribution is 5.78. The molecule has 2 heterocycles. The van der Waals surface area contributed by atoms with Crippen LogP contribution in [0.25, 0.3) is 0 Å². The molecule has 28 heavy (non-hydrogen) atoms. The first-order valence-electron chi connectivity index (χ1n) is 9.77. The van der Waals surface area contributed by atoms with Crippen molar-refractivity contribution in [2.24, 2.45) is 5.92 Å². The molecule has 1 aromatic rings. The Balaban J connectivity index is 1.55. The Morgan fingerprint density at radius 2 is 2.04 bits per heavy atom. The summed E-state index contributed by atoms with van der Waals surface area (Å²) in [5, 5.41) is 19.4. The third kappa shape index (κ3) is 5.35. The van der Waals surface area contributed by atoms with E-state index >= 15 is 0 Å². The Bertz CT molecular complexity index is 650. The van der Waals surface area contributed by atoms with Crippen molar-refractivity contribution in [2.45, 2.75) is 19.1 Å². The first-order valence-corrected chi connectivity index (χ1v) is 9.77. The van der Waals surface area contributed by atoms with Crippen LogP contribution in [0.2, 0.25) is 0 Å². The van der Waals surface area contributed by atoms with Crippen LogP contribution in [0.4, 0.5) is 0 Å². The number of morpholine rings is 1. The number of rotatable bonds is 7. The van der Waals surface area contributed by atoms with E-state index in [9.17, 15) is 15.0 Å². The molecule has 0 radical (unpaired) electrons. The number of hydrogen-bond donors (Lipinski definition) is 2. The molecule has 0 aromatic heterocycles. The Labute approximate surface area is 165 Å². The summed E-state index contributed by atoms with van der Waals surface area (Å²) in [5.74, 6) is 1.02. The lowest BCUT2D eigenvalue weighted by Crippen LogP contribution is -2.44. The maximum Gasteiger partial charge on any atom is 0.260 e. The van der Waals surface area contributed by atoms with Gasteiger partial charge in [0.15, 0.2) is 18.1 Å². The van der Waals surface area contributed by atoms with Crippen LogP contribution in [0, 0.1) is 5.92 Å². The summed E-state index contributed by atoms with van der Waals surface area (Å²) in [4.78, 5) is 16.1. The molecule has 0 bridgehead atoms. The fraction of sp³-hybridized carbons (Fsp3) is 0.650. The molecule has 2 fully saturated rings. The maximum absolute atomic E-state index is 12.2. The molecule has 1 amide bonds. The number of methoxy groups -OCH3 is 1. The standard InChI is InChI=1S/C20H30N2O6/c1-26-19-10-15(11-21-5-4-16(13-23)17(24)12-21)2-3-18(19)28-14-20(25)22-6-8-27-9-7-22/h2-3,10,16-17,23-24H,4-9,11-14H2,1H3/t16-,17+/m1/s1. The molecule has 2 aliphatic rings. The van der Waals surface area contributed by atoms with E-state index in [2.05, 4.69) is 4.90 Å². The van der Waals surface area contributed by atoms with E-state index in [1.807, 2.05) is 18.2 Å². The molecular weight excluding hydrogens is 364 g/mol. The van der Waals surface area contributed by atoms with E-state index in [0.29, 0.717) is 50.9 Å². The van der Waals surface area contributed by atoms with Crippen LogP contribution in [0.5, 0.6) is 11.5 Å². The second-order valence-corrected chi connectivity index (χ2v) is 7.30. The number of ether oxygens (including phenoxy) is 3. The average Bonchev–Trinajstić information content (AvgIpc) is 2.73. The summed E-state index contributed by atoms with van der Waals surface area (Å²) in [6, 6.07) is 5.66. The summed E-state index contributed by atoms with van der Waals surface area (Å²) < 4.78 is 16.4. The molecule has 8 heteroatoms. The van der Waals surface area contributed by atoms with Crippen molar-refractivity contribution in [3.05, 3.63) is 23.8 Å². The van der Waals surface area contributed by atoms with Crippen LogP contribution in [0.15, 0.2) is 18.2 Å². The number of carbonyl (C=O) groups is 1. The number of aliphatic hydroxyl groups is 2. The molecule has 3 rings (SSSR count). The monoisotopic (exact) mass is 394 g/mol. The van der Waals surface area contributed by atoms with Crippen molar-refractivity contribution in [1.29, 1.82) is 0 Å². The van der Waals surface area contributed by atoms with Crippen LogP contribution < -0.4 is 9.47 Å². The van der Waals surface area contributed by atoms with Crippen molar-refractivity contribution in [3.8, 4) is 11.5 Å². The second-order valence-electron chi connectivity index (χ2n) is 7.30. The highest BCUT2D eigenvalue weighted by Gasteiger charge is 2.27. The molecule has 0 unspecified atom stereocenters. The van der Waals surface area contributed by atoms with Crippen molar-refractivity contribution >= 4 is 5.91 Å². The Morgan fingerprint density at radius 3 is 2.71 bits per heavy atom. The largest absolute Gasteiger partial charge is 0.493 e. The molecule has 2 aliphatic heterocycles. The van der Waals surface area contributed by atoms with E-state index in [1.54, 1.807) is 12.0 Å². The van der Waals surface area contributed by atoms with Gasteiger partial charge in [0.1, 0.15) is 0 Å². The van der Waals surface area contributed by atoms with Crippen LogP contribution in [-0.4, -0.2) is 91.7 Å². The number of hydrogen-bond acceptors (Lipinski definition) is 7. The zero-order valence-electron chi connectivity index (χ0n) is 16.4. The van der Waals surface area contributed by atoms with Gasteiger partial charge in [-0.1, -0.05) is 6.07 Å². The van der Waals surface area contributed by atoms with E-state index in [1.165, 1.54) is 0 Å². The van der Waals surface area contributed by atoms with Gasteiger partial charge < -0.3 is 29.3 Å². The lowest BCUT2D eigenvalue weighted by Gasteiger charge is -2.35. The van der Waals surface area contributed by atoms with Gasteiger partial charge in [-0.2, -0.15) is 0 Å². The Kier molecular flexibility index (Phi) is 7.50. The molecule has 2 N–H and O–H groups in total. The quantitative estimate of drug-likeness (QED) is 0.678. The van der Waals surface area contributed by atoms with Gasteiger partial charge in [0.2, 0.25) is 0 Å². The first-order chi connectivity index (χ1) is 13.6. The lowest BCUT2D eigenvalue weighted by molar-refractivity contribution is -0.137. The van der Waals surface area contributed by atoms with E-state index in [-0.39, 0.29) is 25.0 Å². The minimum atomic E-state index is -0.505. The smallest absolute Gasteiger partial charge is 0.260 e. The van der Waals surface area contributed by atoms with Crippen LogP contribution in [0.3, 0.4) is 0 Å². The normalized spacial score (nSPS) is 23.5. The van der Waals surface area contributed by atoms with Crippen molar-refractivity contribution in [1.82, 2.24) is 9.80 Å². The van der Waals surface area contributed by atoms with E-state index < -0.39 is 6.10 Å². The molecule has 2 atom stereocenters. The minimum absolute atomic E-state index is 0.0258. The topological polar surface area (TPSA) is 91.7 Å². The zero-order chi connectivity index (χ0) is 19.9. The number of likely N-dealkylation sites (tertiary alicyclic amines) is 1. The van der Waals surface area contributed by atoms with Gasteiger partial charge in [0.05, 0.1) is 26.4 Å². The average molecular weight is 394 g/mol. The number of nitrogens with zero attached hydrogens (tertiary/aromatic N) is 2. The third-order valence-electron chi connectivity index (χ3n) is 5.39. The molecule has 0 spiro atoms. The van der Waals surface area contributed by atoms with E-state index in [0.717, 1.165) is 18.5 Å². The highest BCUT2D eigenvalue weighted by Crippen LogP contribution is 2.29. The summed E-state index contributed by atoms with van der Waals surface area (Å²) in [6.07, 6.45) is 0.272. The van der Waals surface area contributed by atoms with Gasteiger partial charge in [-0.15, -0.1) is 0 Å². The Hall–Kier alpha value is -1.87. The molecule has 2 saturated heterocycles. The van der Waals surface area contributed by atoms with Crippen LogP contribution in [-0.2, 0) is 16.1 Å². The first kappa shape index (κ1) is 20.9. The van der Waals surface area contributed by atoms with Crippen molar-refractivity contribution in [3.63, 3.8) is 0 Å². The molecular formula is C20H30N2O6. The maximum atomic E-state index is 12.2. The van der Waals surface area contributed by atoms with Gasteiger partial charge in [0, 0.05) is 38.7 Å². The summed E-state index contributed by atoms with van der Waals surface area (Å²) >= 11 is 0. The van der Waals surface area contributed by atoms with Gasteiger partial charge in [-0.25, -0.2) is 0 Å². The fourth-order valence-electron chi connectivity index (χ4n) is 3.63. The second kappa shape index (κ2) is 10.1. The molecule has 8 nitrogen and oxygen atoms in total. The lowest BCUT2D eigenvalue weighted by atomic mass is 9.94. The predicted molar refractivity (Wildman–Crippen MR) is 102 cm³/mol. The number of piperidine rings is 1. The highest BCUT2D eigenvalue weighted by atomic mass is 16.5. The van der Waals surface area contributed by atoms with Gasteiger partial charge in [-0.05, 0) is 30.7 Å². The van der Waals surface area contributed by atoms with Crippen molar-refractivity contribution < 1.29 is 29.2 Å². The van der Waals surface area contributed by atoms with Gasteiger partial charge in [-0.3, -0.25) is 9.69 Å². The number of amides is 1. The summed E-state index contributed by atoms with van der Waals surface area (Å²) in [5.41, 5.74) is 1.04. The molecule has 0 aliphatic carbocycles. The minimum Gasteiger partial charge on any atom is -0.493 e. The van der Waals surface area contributed by atoms with Crippen LogP contribution in [0.1, 0.15) is 12.0 Å². The van der Waals surface area contributed by atoms with Gasteiger partial charge >= 0.3 is 0 Å². The number of carbonyl (C=O) groups excluding carboxylic acids is 1. The zero-order valence-corrected chi connectivity index (χ0v) is 16.4. The molecule has 0 saturated carbocycles. The molecule has 156 valence electrons. The number of β-amino-alcohol motifs (C(OH)–C–C–N with tert-alkyl or cyclic N) is 1.